The molecular formula is C22H23Cl2F5N4O. The van der Waals surface area contributed by atoms with Gasteiger partial charge in [0.1, 0.15) is 5.69 Å². The summed E-state index contributed by atoms with van der Waals surface area (Å²) in [5, 5.41) is 0.841. The van der Waals surface area contributed by atoms with E-state index in [0.717, 1.165) is 5.56 Å². The second kappa shape index (κ2) is 8.86. The van der Waals surface area contributed by atoms with E-state index in [1.165, 1.54) is 0 Å². The Balaban J connectivity index is 1.72. The Kier molecular flexibility index (Phi) is 6.52. The van der Waals surface area contributed by atoms with Gasteiger partial charge in [-0.15, -0.1) is 0 Å². The van der Waals surface area contributed by atoms with Crippen LogP contribution in [0, 0.1) is 12.8 Å². The van der Waals surface area contributed by atoms with Crippen molar-refractivity contribution in [2.75, 3.05) is 24.5 Å². The number of rotatable bonds is 7. The summed E-state index contributed by atoms with van der Waals surface area (Å²) in [5.41, 5.74) is 1.81. The summed E-state index contributed by atoms with van der Waals surface area (Å²) in [4.78, 5) is 20.4. The first-order chi connectivity index (χ1) is 15.8. The van der Waals surface area contributed by atoms with Crippen molar-refractivity contribution in [1.82, 2.24) is 14.5 Å². The third-order valence-electron chi connectivity index (χ3n) is 6.10. The van der Waals surface area contributed by atoms with Gasteiger partial charge >= 0.3 is 12.1 Å². The van der Waals surface area contributed by atoms with Crippen molar-refractivity contribution in [3.8, 4) is 0 Å². The first kappa shape index (κ1) is 25.0. The normalized spacial score (nSPS) is 16.2. The second-order valence-electron chi connectivity index (χ2n) is 8.75. The maximum Gasteiger partial charge on any atom is 0.455 e. The molecule has 0 bridgehead atoms. The smallest absolute Gasteiger partial charge is 0.331 e. The number of hydrogen-bond donors (Lipinski definition) is 0. The van der Waals surface area contributed by atoms with E-state index < -0.39 is 24.6 Å². The van der Waals surface area contributed by atoms with Crippen LogP contribution in [0.4, 0.5) is 33.6 Å². The van der Waals surface area contributed by atoms with E-state index in [2.05, 4.69) is 4.98 Å². The van der Waals surface area contributed by atoms with Gasteiger partial charge in [-0.2, -0.15) is 22.0 Å². The largest absolute Gasteiger partial charge is 0.455 e. The molecule has 34 heavy (non-hydrogen) atoms. The zero-order chi connectivity index (χ0) is 25.0. The quantitative estimate of drug-likeness (QED) is 0.401. The van der Waals surface area contributed by atoms with Crippen molar-refractivity contribution in [2.45, 2.75) is 51.8 Å². The van der Waals surface area contributed by atoms with Crippen LogP contribution in [0.25, 0.3) is 0 Å². The van der Waals surface area contributed by atoms with Gasteiger partial charge in [0.15, 0.2) is 0 Å². The van der Waals surface area contributed by atoms with E-state index in [1.807, 2.05) is 6.92 Å². The lowest BCUT2D eigenvalue weighted by molar-refractivity contribution is -0.284. The molecular weight excluding hydrogens is 502 g/mol. The number of carbonyl (C=O) groups excluding carboxylic acids is 1. The Morgan fingerprint density at radius 3 is 2.41 bits per heavy atom. The minimum Gasteiger partial charge on any atom is -0.331 e. The highest BCUT2D eigenvalue weighted by molar-refractivity contribution is 6.36. The molecule has 4 rings (SSSR count). The fourth-order valence-electron chi connectivity index (χ4n) is 4.25. The van der Waals surface area contributed by atoms with Crippen LogP contribution in [0.5, 0.6) is 0 Å². The van der Waals surface area contributed by atoms with Gasteiger partial charge in [-0.1, -0.05) is 30.1 Å². The molecule has 0 spiro atoms. The number of alkyl halides is 5. The molecule has 2 heterocycles. The number of imidazole rings is 1. The van der Waals surface area contributed by atoms with Gasteiger partial charge in [0, 0.05) is 24.7 Å². The van der Waals surface area contributed by atoms with Crippen LogP contribution in [0.2, 0.25) is 10.0 Å². The molecule has 1 fully saturated rings. The summed E-state index contributed by atoms with van der Waals surface area (Å²) in [5.74, 6) is -5.57. The van der Waals surface area contributed by atoms with Gasteiger partial charge < -0.3 is 14.4 Å². The minimum atomic E-state index is -5.75. The number of fused-ring (bicyclic) bond motifs is 1. The summed E-state index contributed by atoms with van der Waals surface area (Å²) in [6.45, 7) is 2.39. The van der Waals surface area contributed by atoms with Crippen LogP contribution in [0.3, 0.4) is 0 Å². The van der Waals surface area contributed by atoms with Crippen molar-refractivity contribution in [3.63, 3.8) is 0 Å². The highest BCUT2D eigenvalue weighted by atomic mass is 35.5. The zero-order valence-corrected chi connectivity index (χ0v) is 20.0. The average molecular weight is 525 g/mol. The molecule has 1 aliphatic carbocycles. The molecule has 12 heteroatoms. The van der Waals surface area contributed by atoms with Gasteiger partial charge in [0.2, 0.25) is 5.95 Å². The number of carbonyl (C=O) groups is 1. The molecule has 1 aliphatic heterocycles. The van der Waals surface area contributed by atoms with Crippen molar-refractivity contribution in [2.24, 2.45) is 5.92 Å². The third-order valence-corrected chi connectivity index (χ3v) is 6.61. The molecule has 186 valence electrons. The minimum absolute atomic E-state index is 0.0429. The molecule has 1 saturated carbocycles. The first-order valence-corrected chi connectivity index (χ1v) is 11.7. The van der Waals surface area contributed by atoms with Crippen LogP contribution in [-0.4, -0.2) is 52.1 Å². The molecule has 0 atom stereocenters. The SMILES string of the molecule is CCc1nc2n(c1C(=O)N(CC1CC1)CC(F)(F)C(F)(F)F)CCN2c1c(C)cc(Cl)cc1Cl. The third kappa shape index (κ3) is 4.58. The average Bonchev–Trinajstić information content (AvgIpc) is 3.33. The van der Waals surface area contributed by atoms with Gasteiger partial charge in [-0.3, -0.25) is 4.79 Å². The van der Waals surface area contributed by atoms with E-state index in [4.69, 9.17) is 23.2 Å². The Labute approximate surface area is 203 Å². The lowest BCUT2D eigenvalue weighted by atomic mass is 10.2. The van der Waals surface area contributed by atoms with Crippen molar-refractivity contribution in [1.29, 1.82) is 0 Å². The second-order valence-corrected chi connectivity index (χ2v) is 9.59. The fraction of sp³-hybridized carbons (Fsp3) is 0.545. The summed E-state index contributed by atoms with van der Waals surface area (Å²) in [6, 6.07) is 3.32. The van der Waals surface area contributed by atoms with E-state index in [1.54, 1.807) is 28.5 Å². The van der Waals surface area contributed by atoms with Gasteiger partial charge in [0.25, 0.3) is 5.91 Å². The number of nitrogens with zero attached hydrogens (tertiary/aromatic N) is 4. The fourth-order valence-corrected chi connectivity index (χ4v) is 4.95. The van der Waals surface area contributed by atoms with Gasteiger partial charge in [-0.05, 0) is 49.8 Å². The summed E-state index contributed by atoms with van der Waals surface area (Å²) < 4.78 is 68.2. The number of halogens is 7. The number of aryl methyl sites for hydroxylation is 2. The predicted molar refractivity (Wildman–Crippen MR) is 119 cm³/mol. The summed E-state index contributed by atoms with van der Waals surface area (Å²) >= 11 is 12.5. The Bertz CT molecular complexity index is 1090. The number of hydrogen-bond acceptors (Lipinski definition) is 3. The maximum atomic E-state index is 13.9. The standard InChI is InChI=1S/C22H23Cl2F5N4O/c1-3-16-18(19(34)31(10-13-4-5-13)11-21(25,26)22(27,28)29)33-7-6-32(20(33)30-16)17-12(2)8-14(23)9-15(17)24/h8-9,13H,3-7,10-11H2,1-2H3. The van der Waals surface area contributed by atoms with Crippen LogP contribution < -0.4 is 4.90 Å². The molecule has 2 aromatic rings. The maximum absolute atomic E-state index is 13.9. The topological polar surface area (TPSA) is 41.4 Å². The molecule has 0 unspecified atom stereocenters. The van der Waals surface area contributed by atoms with Crippen LogP contribution in [-0.2, 0) is 13.0 Å². The molecule has 1 aromatic heterocycles. The van der Waals surface area contributed by atoms with Gasteiger partial charge in [-0.25, -0.2) is 4.98 Å². The Morgan fingerprint density at radius 1 is 1.18 bits per heavy atom. The highest BCUT2D eigenvalue weighted by Gasteiger charge is 2.59. The van der Waals surface area contributed by atoms with Crippen LogP contribution in [0.15, 0.2) is 12.1 Å². The lowest BCUT2D eigenvalue weighted by Gasteiger charge is -2.29. The molecule has 0 saturated heterocycles. The Morgan fingerprint density at radius 2 is 1.85 bits per heavy atom. The van der Waals surface area contributed by atoms with Crippen LogP contribution in [0.1, 0.15) is 41.5 Å². The van der Waals surface area contributed by atoms with Crippen molar-refractivity contribution < 1.29 is 26.7 Å². The van der Waals surface area contributed by atoms with Gasteiger partial charge in [0.05, 0.1) is 22.9 Å². The van der Waals surface area contributed by atoms with E-state index in [9.17, 15) is 26.7 Å². The lowest BCUT2D eigenvalue weighted by Crippen LogP contribution is -2.49. The highest BCUT2D eigenvalue weighted by Crippen LogP contribution is 2.41. The van der Waals surface area contributed by atoms with E-state index in [-0.39, 0.29) is 18.2 Å². The van der Waals surface area contributed by atoms with E-state index in [0.29, 0.717) is 64.6 Å². The number of anilines is 2. The number of amides is 1. The monoisotopic (exact) mass is 524 g/mol. The van der Waals surface area contributed by atoms with Crippen molar-refractivity contribution in [3.05, 3.63) is 39.1 Å². The molecule has 5 nitrogen and oxygen atoms in total. The number of benzene rings is 1. The Hall–Kier alpha value is -2.07. The van der Waals surface area contributed by atoms with Crippen LogP contribution >= 0.6 is 23.2 Å². The summed E-state index contributed by atoms with van der Waals surface area (Å²) in [6.07, 6.45) is -4.07. The molecule has 1 aromatic carbocycles. The predicted octanol–water partition coefficient (Wildman–Crippen LogP) is 6.26. The van der Waals surface area contributed by atoms with Crippen molar-refractivity contribution >= 4 is 40.7 Å². The summed E-state index contributed by atoms with van der Waals surface area (Å²) in [7, 11) is 0. The first-order valence-electron chi connectivity index (χ1n) is 10.9. The number of aromatic nitrogens is 2. The molecule has 0 radical (unpaired) electrons. The van der Waals surface area contributed by atoms with E-state index >= 15 is 0 Å². The zero-order valence-electron chi connectivity index (χ0n) is 18.5. The molecule has 0 N–H and O–H groups in total. The molecule has 2 aliphatic rings. The molecule has 1 amide bonds.